The van der Waals surface area contributed by atoms with Gasteiger partial charge in [0.2, 0.25) is 5.91 Å². The van der Waals surface area contributed by atoms with Crippen LogP contribution >= 0.6 is 0 Å². The second-order valence-corrected chi connectivity index (χ2v) is 5.00. The fourth-order valence-electron chi connectivity index (χ4n) is 2.37. The van der Waals surface area contributed by atoms with E-state index in [2.05, 4.69) is 36.5 Å². The third kappa shape index (κ3) is 3.84. The van der Waals surface area contributed by atoms with Gasteiger partial charge in [0.1, 0.15) is 0 Å². The topological polar surface area (TPSA) is 32.3 Å². The highest BCUT2D eigenvalue weighted by Gasteiger charge is 2.16. The molecule has 1 aromatic carbocycles. The van der Waals surface area contributed by atoms with E-state index in [1.165, 1.54) is 11.1 Å². The van der Waals surface area contributed by atoms with Crippen molar-refractivity contribution in [2.75, 3.05) is 26.2 Å². The van der Waals surface area contributed by atoms with E-state index in [4.69, 9.17) is 0 Å². The van der Waals surface area contributed by atoms with Gasteiger partial charge in [-0.05, 0) is 38.3 Å². The zero-order valence-electron chi connectivity index (χ0n) is 11.1. The maximum atomic E-state index is 11.8. The van der Waals surface area contributed by atoms with Gasteiger partial charge in [0, 0.05) is 13.1 Å². The number of carbonyl (C=O) groups is 1. The summed E-state index contributed by atoms with van der Waals surface area (Å²) >= 11 is 0. The molecule has 1 aromatic rings. The number of rotatable bonds is 5. The predicted octanol–water partition coefficient (Wildman–Crippen LogP) is 1.75. The molecule has 98 valence electrons. The van der Waals surface area contributed by atoms with Gasteiger partial charge >= 0.3 is 0 Å². The number of benzene rings is 1. The average Bonchev–Trinajstić information content (AvgIpc) is 2.88. The molecule has 0 spiro atoms. The molecular weight excluding hydrogens is 224 g/mol. The number of likely N-dealkylation sites (tertiary alicyclic amines) is 1. The fourth-order valence-corrected chi connectivity index (χ4v) is 2.37. The van der Waals surface area contributed by atoms with E-state index in [1.54, 1.807) is 0 Å². The van der Waals surface area contributed by atoms with Crippen LogP contribution in [-0.2, 0) is 11.2 Å². The first-order valence-electron chi connectivity index (χ1n) is 6.80. The molecule has 0 aromatic heterocycles. The van der Waals surface area contributed by atoms with Gasteiger partial charge in [0.05, 0.1) is 6.54 Å². The zero-order valence-corrected chi connectivity index (χ0v) is 11.1. The Bertz CT molecular complexity index is 397. The average molecular weight is 246 g/mol. The number of amides is 1. The molecule has 0 radical (unpaired) electrons. The summed E-state index contributed by atoms with van der Waals surface area (Å²) in [5.41, 5.74) is 2.62. The molecule has 0 bridgehead atoms. The Morgan fingerprint density at radius 2 is 2.11 bits per heavy atom. The summed E-state index contributed by atoms with van der Waals surface area (Å²) in [6.45, 7) is 5.33. The van der Waals surface area contributed by atoms with Crippen molar-refractivity contribution in [2.45, 2.75) is 26.2 Å². The molecule has 1 amide bonds. The first-order valence-corrected chi connectivity index (χ1v) is 6.80. The molecule has 2 rings (SSSR count). The SMILES string of the molecule is Cc1cccc(CCNCC(=O)N2CCCC2)c1. The monoisotopic (exact) mass is 246 g/mol. The van der Waals surface area contributed by atoms with Gasteiger partial charge in [-0.3, -0.25) is 4.79 Å². The van der Waals surface area contributed by atoms with Crippen molar-refractivity contribution in [1.29, 1.82) is 0 Å². The van der Waals surface area contributed by atoms with E-state index >= 15 is 0 Å². The molecule has 1 fully saturated rings. The van der Waals surface area contributed by atoms with Crippen LogP contribution in [0.25, 0.3) is 0 Å². The van der Waals surface area contributed by atoms with Crippen LogP contribution in [-0.4, -0.2) is 37.0 Å². The van der Waals surface area contributed by atoms with Crippen molar-refractivity contribution >= 4 is 5.91 Å². The molecule has 1 saturated heterocycles. The van der Waals surface area contributed by atoms with Crippen LogP contribution < -0.4 is 5.32 Å². The molecule has 0 aliphatic carbocycles. The standard InChI is InChI=1S/C15H22N2O/c1-13-5-4-6-14(11-13)7-8-16-12-15(18)17-9-2-3-10-17/h4-6,11,16H,2-3,7-10,12H2,1H3. The normalized spacial score (nSPS) is 15.1. The highest BCUT2D eigenvalue weighted by Crippen LogP contribution is 2.07. The summed E-state index contributed by atoms with van der Waals surface area (Å²) in [4.78, 5) is 13.7. The number of nitrogens with zero attached hydrogens (tertiary/aromatic N) is 1. The number of hydrogen-bond acceptors (Lipinski definition) is 2. The quantitative estimate of drug-likeness (QED) is 0.803. The summed E-state index contributed by atoms with van der Waals surface area (Å²) in [7, 11) is 0. The molecule has 0 unspecified atom stereocenters. The molecule has 1 N–H and O–H groups in total. The van der Waals surface area contributed by atoms with Crippen molar-refractivity contribution in [1.82, 2.24) is 10.2 Å². The molecule has 1 aliphatic rings. The summed E-state index contributed by atoms with van der Waals surface area (Å²) in [5, 5.41) is 3.24. The Kier molecular flexibility index (Phi) is 4.76. The number of aryl methyl sites for hydroxylation is 1. The van der Waals surface area contributed by atoms with Crippen LogP contribution in [0.3, 0.4) is 0 Å². The van der Waals surface area contributed by atoms with Gasteiger partial charge < -0.3 is 10.2 Å². The van der Waals surface area contributed by atoms with E-state index in [-0.39, 0.29) is 5.91 Å². The van der Waals surface area contributed by atoms with Crippen LogP contribution in [0.15, 0.2) is 24.3 Å². The van der Waals surface area contributed by atoms with Crippen molar-refractivity contribution in [2.24, 2.45) is 0 Å². The highest BCUT2D eigenvalue weighted by atomic mass is 16.2. The van der Waals surface area contributed by atoms with Gasteiger partial charge in [-0.15, -0.1) is 0 Å². The van der Waals surface area contributed by atoms with Crippen molar-refractivity contribution in [3.05, 3.63) is 35.4 Å². The van der Waals surface area contributed by atoms with Gasteiger partial charge in [-0.1, -0.05) is 29.8 Å². The Morgan fingerprint density at radius 3 is 2.83 bits per heavy atom. The molecule has 0 saturated carbocycles. The fraction of sp³-hybridized carbons (Fsp3) is 0.533. The van der Waals surface area contributed by atoms with Crippen molar-refractivity contribution in [3.63, 3.8) is 0 Å². The first-order chi connectivity index (χ1) is 8.75. The van der Waals surface area contributed by atoms with E-state index in [0.717, 1.165) is 38.9 Å². The molecule has 18 heavy (non-hydrogen) atoms. The molecule has 0 atom stereocenters. The summed E-state index contributed by atoms with van der Waals surface area (Å²) in [5.74, 6) is 0.247. The lowest BCUT2D eigenvalue weighted by molar-refractivity contribution is -0.129. The summed E-state index contributed by atoms with van der Waals surface area (Å²) in [6, 6.07) is 8.52. The number of nitrogens with one attached hydrogen (secondary N) is 1. The Balaban J connectivity index is 1.65. The Morgan fingerprint density at radius 1 is 1.33 bits per heavy atom. The third-order valence-corrected chi connectivity index (χ3v) is 3.41. The van der Waals surface area contributed by atoms with Gasteiger partial charge in [-0.2, -0.15) is 0 Å². The minimum atomic E-state index is 0.247. The molecule has 3 nitrogen and oxygen atoms in total. The van der Waals surface area contributed by atoms with E-state index in [9.17, 15) is 4.79 Å². The van der Waals surface area contributed by atoms with Crippen molar-refractivity contribution in [3.8, 4) is 0 Å². The lowest BCUT2D eigenvalue weighted by Gasteiger charge is -2.15. The zero-order chi connectivity index (χ0) is 12.8. The van der Waals surface area contributed by atoms with Crippen LogP contribution in [0.4, 0.5) is 0 Å². The first kappa shape index (κ1) is 13.1. The van der Waals surface area contributed by atoms with E-state index < -0.39 is 0 Å². The third-order valence-electron chi connectivity index (χ3n) is 3.41. The van der Waals surface area contributed by atoms with Gasteiger partial charge in [-0.25, -0.2) is 0 Å². The van der Waals surface area contributed by atoms with E-state index in [1.807, 2.05) is 4.90 Å². The van der Waals surface area contributed by atoms with E-state index in [0.29, 0.717) is 6.54 Å². The van der Waals surface area contributed by atoms with Crippen LogP contribution in [0, 0.1) is 6.92 Å². The molecule has 1 aliphatic heterocycles. The summed E-state index contributed by atoms with van der Waals surface area (Å²) in [6.07, 6.45) is 3.30. The minimum absolute atomic E-state index is 0.247. The largest absolute Gasteiger partial charge is 0.342 e. The Hall–Kier alpha value is -1.35. The number of hydrogen-bond donors (Lipinski definition) is 1. The van der Waals surface area contributed by atoms with Crippen LogP contribution in [0.2, 0.25) is 0 Å². The van der Waals surface area contributed by atoms with Crippen molar-refractivity contribution < 1.29 is 4.79 Å². The Labute approximate surface area is 109 Å². The van der Waals surface area contributed by atoms with Crippen LogP contribution in [0.1, 0.15) is 24.0 Å². The lowest BCUT2D eigenvalue weighted by atomic mass is 10.1. The van der Waals surface area contributed by atoms with Crippen LogP contribution in [0.5, 0.6) is 0 Å². The lowest BCUT2D eigenvalue weighted by Crippen LogP contribution is -2.36. The molecule has 1 heterocycles. The van der Waals surface area contributed by atoms with Gasteiger partial charge in [0.15, 0.2) is 0 Å². The second kappa shape index (κ2) is 6.55. The highest BCUT2D eigenvalue weighted by molar-refractivity contribution is 5.78. The predicted molar refractivity (Wildman–Crippen MR) is 73.6 cm³/mol. The second-order valence-electron chi connectivity index (χ2n) is 5.00. The molecular formula is C15H22N2O. The maximum Gasteiger partial charge on any atom is 0.236 e. The maximum absolute atomic E-state index is 11.8. The molecule has 3 heteroatoms. The summed E-state index contributed by atoms with van der Waals surface area (Å²) < 4.78 is 0. The minimum Gasteiger partial charge on any atom is -0.342 e. The van der Waals surface area contributed by atoms with Gasteiger partial charge in [0.25, 0.3) is 0 Å². The number of carbonyl (C=O) groups excluding carboxylic acids is 1. The smallest absolute Gasteiger partial charge is 0.236 e.